The molecule has 0 saturated carbocycles. The third kappa shape index (κ3) is 1.42. The fourth-order valence-electron chi connectivity index (χ4n) is 0.976. The Balaban J connectivity index is 3.03. The number of nitro groups is 1. The average Bonchev–Trinajstić information content (AvgIpc) is 2.34. The van der Waals surface area contributed by atoms with Gasteiger partial charge in [-0.1, -0.05) is 0 Å². The lowest BCUT2D eigenvalue weighted by Crippen LogP contribution is -2.11. The van der Waals surface area contributed by atoms with Crippen LogP contribution in [0.1, 0.15) is 5.69 Å². The van der Waals surface area contributed by atoms with Crippen molar-refractivity contribution < 1.29 is 4.92 Å². The summed E-state index contributed by atoms with van der Waals surface area (Å²) in [5.74, 6) is 0. The third-order valence-electron chi connectivity index (χ3n) is 1.58. The number of aromatic nitrogens is 2. The zero-order chi connectivity index (χ0) is 9.14. The summed E-state index contributed by atoms with van der Waals surface area (Å²) in [5, 5.41) is 17.1. The first-order valence-electron chi connectivity index (χ1n) is 3.46. The number of rotatable bonds is 3. The van der Waals surface area contributed by atoms with Crippen molar-refractivity contribution in [2.45, 2.75) is 6.54 Å². The molecule has 0 aliphatic rings. The van der Waals surface area contributed by atoms with Gasteiger partial charge in [0.05, 0.1) is 4.92 Å². The van der Waals surface area contributed by atoms with Crippen LogP contribution in [0.4, 0.5) is 5.69 Å². The van der Waals surface area contributed by atoms with Gasteiger partial charge in [-0.05, 0) is 7.05 Å². The molecule has 0 amide bonds. The topological polar surface area (TPSA) is 73.0 Å². The highest BCUT2D eigenvalue weighted by Gasteiger charge is 2.17. The second kappa shape index (κ2) is 3.31. The van der Waals surface area contributed by atoms with E-state index in [0.29, 0.717) is 12.2 Å². The van der Waals surface area contributed by atoms with Gasteiger partial charge in [-0.25, -0.2) is 0 Å². The second-order valence-electron chi connectivity index (χ2n) is 2.39. The van der Waals surface area contributed by atoms with Crippen molar-refractivity contribution in [3.63, 3.8) is 0 Å². The van der Waals surface area contributed by atoms with Crippen molar-refractivity contribution in [2.24, 2.45) is 7.05 Å². The van der Waals surface area contributed by atoms with Gasteiger partial charge in [-0.2, -0.15) is 5.10 Å². The Morgan fingerprint density at radius 1 is 1.83 bits per heavy atom. The number of nitrogens with zero attached hydrogens (tertiary/aromatic N) is 3. The molecule has 0 aliphatic heterocycles. The lowest BCUT2D eigenvalue weighted by atomic mass is 10.3. The minimum absolute atomic E-state index is 0.0619. The largest absolute Gasteiger partial charge is 0.314 e. The molecular weight excluding hydrogens is 160 g/mol. The summed E-state index contributed by atoms with van der Waals surface area (Å²) < 4.78 is 1.49. The first-order chi connectivity index (χ1) is 5.66. The molecule has 1 aromatic heterocycles. The number of aryl methyl sites for hydroxylation is 1. The quantitative estimate of drug-likeness (QED) is 0.513. The molecule has 1 heterocycles. The van der Waals surface area contributed by atoms with Crippen molar-refractivity contribution in [1.29, 1.82) is 0 Å². The molecule has 0 fully saturated rings. The molecule has 12 heavy (non-hydrogen) atoms. The van der Waals surface area contributed by atoms with Crippen molar-refractivity contribution in [1.82, 2.24) is 15.1 Å². The van der Waals surface area contributed by atoms with E-state index in [9.17, 15) is 10.1 Å². The van der Waals surface area contributed by atoms with Gasteiger partial charge in [0.1, 0.15) is 11.9 Å². The fraction of sp³-hybridized carbons (Fsp3) is 0.500. The monoisotopic (exact) mass is 170 g/mol. The molecule has 6 heteroatoms. The van der Waals surface area contributed by atoms with Gasteiger partial charge in [0.15, 0.2) is 0 Å². The highest BCUT2D eigenvalue weighted by molar-refractivity contribution is 5.32. The zero-order valence-electron chi connectivity index (χ0n) is 6.94. The third-order valence-corrected chi connectivity index (χ3v) is 1.58. The van der Waals surface area contributed by atoms with Gasteiger partial charge in [0, 0.05) is 13.6 Å². The highest BCUT2D eigenvalue weighted by atomic mass is 16.6. The molecule has 1 N–H and O–H groups in total. The van der Waals surface area contributed by atoms with Crippen LogP contribution in [0.2, 0.25) is 0 Å². The standard InChI is InChI=1S/C6H10N4O2/c1-7-3-5-6(10(11)12)4-8-9(5)2/h4,7H,3H2,1-2H3. The maximum atomic E-state index is 10.4. The Morgan fingerprint density at radius 2 is 2.50 bits per heavy atom. The highest BCUT2D eigenvalue weighted by Crippen LogP contribution is 2.15. The normalized spacial score (nSPS) is 10.2. The predicted molar refractivity (Wildman–Crippen MR) is 42.6 cm³/mol. The summed E-state index contributed by atoms with van der Waals surface area (Å²) in [4.78, 5) is 10.0. The van der Waals surface area contributed by atoms with Gasteiger partial charge in [-0.3, -0.25) is 14.8 Å². The molecular formula is C6H10N4O2. The molecule has 0 aliphatic carbocycles. The van der Waals surface area contributed by atoms with Gasteiger partial charge in [0.2, 0.25) is 0 Å². The summed E-state index contributed by atoms with van der Waals surface area (Å²) in [6.07, 6.45) is 1.26. The summed E-state index contributed by atoms with van der Waals surface area (Å²) in [5.41, 5.74) is 0.648. The smallest absolute Gasteiger partial charge is 0.311 e. The van der Waals surface area contributed by atoms with Crippen LogP contribution in [0.25, 0.3) is 0 Å². The number of hydrogen-bond acceptors (Lipinski definition) is 4. The Bertz CT molecular complexity index is 294. The zero-order valence-corrected chi connectivity index (χ0v) is 6.94. The predicted octanol–water partition coefficient (Wildman–Crippen LogP) is 0.0477. The molecule has 0 saturated heterocycles. The van der Waals surface area contributed by atoms with Crippen LogP contribution in [0.5, 0.6) is 0 Å². The minimum Gasteiger partial charge on any atom is -0.314 e. The summed E-state index contributed by atoms with van der Waals surface area (Å²) in [6.45, 7) is 0.451. The Hall–Kier alpha value is -1.43. The Morgan fingerprint density at radius 3 is 3.00 bits per heavy atom. The Kier molecular flexibility index (Phi) is 2.39. The van der Waals surface area contributed by atoms with Crippen LogP contribution in [-0.4, -0.2) is 21.8 Å². The van der Waals surface area contributed by atoms with E-state index in [1.165, 1.54) is 10.9 Å². The van der Waals surface area contributed by atoms with Crippen molar-refractivity contribution in [3.8, 4) is 0 Å². The molecule has 0 atom stereocenters. The van der Waals surface area contributed by atoms with Crippen LogP contribution in [0.15, 0.2) is 6.20 Å². The minimum atomic E-state index is -0.431. The lowest BCUT2D eigenvalue weighted by molar-refractivity contribution is -0.385. The number of nitrogens with one attached hydrogen (secondary N) is 1. The van der Waals surface area contributed by atoms with E-state index in [4.69, 9.17) is 0 Å². The van der Waals surface area contributed by atoms with E-state index < -0.39 is 4.92 Å². The van der Waals surface area contributed by atoms with E-state index in [1.807, 2.05) is 0 Å². The molecule has 0 spiro atoms. The molecule has 1 aromatic rings. The van der Waals surface area contributed by atoms with Crippen molar-refractivity contribution in [2.75, 3.05) is 7.05 Å². The van der Waals surface area contributed by atoms with E-state index in [0.717, 1.165) is 0 Å². The Labute approximate surface area is 69.3 Å². The molecule has 0 aromatic carbocycles. The molecule has 0 radical (unpaired) electrons. The summed E-state index contributed by atoms with van der Waals surface area (Å²) >= 11 is 0. The molecule has 1 rings (SSSR count). The fourth-order valence-corrected chi connectivity index (χ4v) is 0.976. The van der Waals surface area contributed by atoms with Crippen LogP contribution in [0.3, 0.4) is 0 Å². The van der Waals surface area contributed by atoms with Crippen LogP contribution >= 0.6 is 0 Å². The molecule has 0 bridgehead atoms. The molecule has 6 nitrogen and oxygen atoms in total. The van der Waals surface area contributed by atoms with E-state index >= 15 is 0 Å². The SMILES string of the molecule is CNCc1c([N+](=O)[O-])cnn1C. The van der Waals surface area contributed by atoms with Crippen LogP contribution in [0, 0.1) is 10.1 Å². The van der Waals surface area contributed by atoms with Gasteiger partial charge in [-0.15, -0.1) is 0 Å². The second-order valence-corrected chi connectivity index (χ2v) is 2.39. The summed E-state index contributed by atoms with van der Waals surface area (Å²) in [7, 11) is 3.41. The van der Waals surface area contributed by atoms with Crippen molar-refractivity contribution >= 4 is 5.69 Å². The van der Waals surface area contributed by atoms with Crippen molar-refractivity contribution in [3.05, 3.63) is 22.0 Å². The average molecular weight is 170 g/mol. The van der Waals surface area contributed by atoms with Gasteiger partial charge >= 0.3 is 5.69 Å². The lowest BCUT2D eigenvalue weighted by Gasteiger charge is -1.98. The van der Waals surface area contributed by atoms with Gasteiger partial charge in [0.25, 0.3) is 0 Å². The van der Waals surface area contributed by atoms with E-state index in [-0.39, 0.29) is 5.69 Å². The summed E-state index contributed by atoms with van der Waals surface area (Å²) in [6, 6.07) is 0. The molecule has 66 valence electrons. The first kappa shape index (κ1) is 8.66. The van der Waals surface area contributed by atoms with E-state index in [2.05, 4.69) is 10.4 Å². The van der Waals surface area contributed by atoms with Crippen LogP contribution < -0.4 is 5.32 Å². The van der Waals surface area contributed by atoms with Gasteiger partial charge < -0.3 is 5.32 Å². The first-order valence-corrected chi connectivity index (χ1v) is 3.46. The molecule has 0 unspecified atom stereocenters. The van der Waals surface area contributed by atoms with E-state index in [1.54, 1.807) is 14.1 Å². The maximum Gasteiger partial charge on any atom is 0.311 e. The number of hydrogen-bond donors (Lipinski definition) is 1. The van der Waals surface area contributed by atoms with Crippen LogP contribution in [-0.2, 0) is 13.6 Å². The maximum absolute atomic E-state index is 10.4.